The van der Waals surface area contributed by atoms with E-state index in [9.17, 15) is 0 Å². The predicted octanol–water partition coefficient (Wildman–Crippen LogP) is 1.32. The molecule has 0 amide bonds. The molecule has 6 heteroatoms. The number of nitrogens with one attached hydrogen (secondary N) is 1. The molecule has 0 aromatic carbocycles. The van der Waals surface area contributed by atoms with Gasteiger partial charge in [0.1, 0.15) is 0 Å². The van der Waals surface area contributed by atoms with Gasteiger partial charge in [-0.15, -0.1) is 0 Å². The van der Waals surface area contributed by atoms with Gasteiger partial charge in [-0.1, -0.05) is 0 Å². The summed E-state index contributed by atoms with van der Waals surface area (Å²) < 4.78 is 11.3. The van der Waals surface area contributed by atoms with Crippen molar-refractivity contribution in [2.45, 2.75) is 50.7 Å². The van der Waals surface area contributed by atoms with Crippen molar-refractivity contribution in [1.29, 1.82) is 0 Å². The third-order valence-electron chi connectivity index (χ3n) is 5.81. The van der Waals surface area contributed by atoms with Crippen molar-refractivity contribution in [2.24, 2.45) is 4.99 Å². The Morgan fingerprint density at radius 1 is 1.25 bits per heavy atom. The molecule has 3 aliphatic heterocycles. The molecular formula is C18H34N4O2. The molecule has 3 aliphatic rings. The summed E-state index contributed by atoms with van der Waals surface area (Å²) >= 11 is 0. The molecule has 138 valence electrons. The smallest absolute Gasteiger partial charge is 0.194 e. The summed E-state index contributed by atoms with van der Waals surface area (Å²) in [5.74, 6) is 1.06. The topological polar surface area (TPSA) is 49.3 Å². The van der Waals surface area contributed by atoms with Crippen LogP contribution in [0.15, 0.2) is 4.99 Å². The largest absolute Gasteiger partial charge is 0.381 e. The molecule has 0 saturated carbocycles. The summed E-state index contributed by atoms with van der Waals surface area (Å²) in [6, 6.07) is 0.704. The molecule has 1 N–H and O–H groups in total. The third-order valence-corrected chi connectivity index (χ3v) is 5.81. The van der Waals surface area contributed by atoms with Crippen molar-refractivity contribution in [3.8, 4) is 0 Å². The third kappa shape index (κ3) is 4.21. The summed E-state index contributed by atoms with van der Waals surface area (Å²) in [4.78, 5) is 10.1. The van der Waals surface area contributed by atoms with Crippen LogP contribution in [-0.2, 0) is 9.47 Å². The van der Waals surface area contributed by atoms with E-state index in [1.165, 1.54) is 32.4 Å². The highest BCUT2D eigenvalue weighted by Gasteiger charge is 2.34. The average molecular weight is 338 g/mol. The molecule has 0 aromatic rings. The van der Waals surface area contributed by atoms with E-state index in [0.717, 1.165) is 58.2 Å². The molecule has 0 spiro atoms. The number of nitrogens with zero attached hydrogens (tertiary/aromatic N) is 3. The van der Waals surface area contributed by atoms with E-state index in [-0.39, 0.29) is 5.60 Å². The first-order valence-electron chi connectivity index (χ1n) is 9.66. The fraction of sp³-hybridized carbons (Fsp3) is 0.944. The summed E-state index contributed by atoms with van der Waals surface area (Å²) in [5.41, 5.74) is -0.146. The van der Waals surface area contributed by atoms with Crippen LogP contribution in [0.25, 0.3) is 0 Å². The minimum absolute atomic E-state index is 0.146. The minimum atomic E-state index is -0.146. The highest BCUT2D eigenvalue weighted by Crippen LogP contribution is 2.25. The molecule has 6 nitrogen and oxygen atoms in total. The summed E-state index contributed by atoms with van der Waals surface area (Å²) in [7, 11) is 1.81. The van der Waals surface area contributed by atoms with E-state index < -0.39 is 0 Å². The van der Waals surface area contributed by atoms with Crippen LogP contribution in [0.5, 0.6) is 0 Å². The Bertz CT molecular complexity index is 417. The molecule has 3 rings (SSSR count). The Hall–Kier alpha value is -0.850. The van der Waals surface area contributed by atoms with Crippen LogP contribution in [0, 0.1) is 0 Å². The SMILES string of the molecule is CCNC(=NCC1(OC)CCOCC1)N1CCC(N2CCCC2)C1. The van der Waals surface area contributed by atoms with E-state index in [1.54, 1.807) is 0 Å². The van der Waals surface area contributed by atoms with E-state index in [1.807, 2.05) is 7.11 Å². The monoisotopic (exact) mass is 338 g/mol. The molecule has 24 heavy (non-hydrogen) atoms. The summed E-state index contributed by atoms with van der Waals surface area (Å²) in [6.45, 7) is 10.1. The number of aliphatic imine (C=N–C) groups is 1. The number of guanidine groups is 1. The lowest BCUT2D eigenvalue weighted by Gasteiger charge is -2.35. The Labute approximate surface area is 146 Å². The molecule has 3 saturated heterocycles. The maximum absolute atomic E-state index is 5.83. The second-order valence-electron chi connectivity index (χ2n) is 7.30. The van der Waals surface area contributed by atoms with Gasteiger partial charge in [0, 0.05) is 58.8 Å². The first-order chi connectivity index (χ1) is 11.8. The zero-order chi connectivity index (χ0) is 16.8. The molecule has 3 heterocycles. The minimum Gasteiger partial charge on any atom is -0.381 e. The van der Waals surface area contributed by atoms with Gasteiger partial charge in [-0.05, 0) is 39.3 Å². The molecule has 3 fully saturated rings. The second kappa shape index (κ2) is 8.50. The van der Waals surface area contributed by atoms with Crippen LogP contribution < -0.4 is 5.32 Å². The lowest BCUT2D eigenvalue weighted by molar-refractivity contribution is -0.0829. The lowest BCUT2D eigenvalue weighted by atomic mass is 9.94. The van der Waals surface area contributed by atoms with Gasteiger partial charge in [0.05, 0.1) is 12.1 Å². The van der Waals surface area contributed by atoms with Gasteiger partial charge in [0.25, 0.3) is 0 Å². The van der Waals surface area contributed by atoms with E-state index >= 15 is 0 Å². The Morgan fingerprint density at radius 2 is 2.00 bits per heavy atom. The van der Waals surface area contributed by atoms with Gasteiger partial charge in [-0.2, -0.15) is 0 Å². The highest BCUT2D eigenvalue weighted by molar-refractivity contribution is 5.80. The molecule has 0 bridgehead atoms. The summed E-state index contributed by atoms with van der Waals surface area (Å²) in [6.07, 6.45) is 5.85. The molecule has 1 atom stereocenters. The van der Waals surface area contributed by atoms with E-state index in [4.69, 9.17) is 14.5 Å². The van der Waals surface area contributed by atoms with Gasteiger partial charge >= 0.3 is 0 Å². The number of rotatable bonds is 5. The standard InChI is InChI=1S/C18H34N4O2/c1-3-19-17(20-15-18(23-2)7-12-24-13-8-18)22-11-6-16(14-22)21-9-4-5-10-21/h16H,3-15H2,1-2H3,(H,19,20). The van der Waals surface area contributed by atoms with Gasteiger partial charge in [-0.3, -0.25) is 9.89 Å². The van der Waals surface area contributed by atoms with Crippen molar-refractivity contribution in [3.63, 3.8) is 0 Å². The number of hydrogen-bond donors (Lipinski definition) is 1. The van der Waals surface area contributed by atoms with Gasteiger partial charge < -0.3 is 19.7 Å². The van der Waals surface area contributed by atoms with Crippen molar-refractivity contribution < 1.29 is 9.47 Å². The summed E-state index contributed by atoms with van der Waals surface area (Å²) in [5, 5.41) is 3.49. The van der Waals surface area contributed by atoms with Crippen LogP contribution in [0.2, 0.25) is 0 Å². The van der Waals surface area contributed by atoms with Gasteiger partial charge in [0.15, 0.2) is 5.96 Å². The van der Waals surface area contributed by atoms with Gasteiger partial charge in [-0.25, -0.2) is 0 Å². The Balaban J connectivity index is 1.61. The number of ether oxygens (including phenoxy) is 2. The van der Waals surface area contributed by atoms with Crippen LogP contribution >= 0.6 is 0 Å². The zero-order valence-electron chi connectivity index (χ0n) is 15.4. The van der Waals surface area contributed by atoms with Crippen molar-refractivity contribution in [2.75, 3.05) is 59.6 Å². The van der Waals surface area contributed by atoms with Crippen molar-refractivity contribution in [1.82, 2.24) is 15.1 Å². The van der Waals surface area contributed by atoms with Crippen LogP contribution in [0.4, 0.5) is 0 Å². The quantitative estimate of drug-likeness (QED) is 0.605. The number of likely N-dealkylation sites (tertiary alicyclic amines) is 2. The van der Waals surface area contributed by atoms with Crippen LogP contribution in [-0.4, -0.2) is 87.0 Å². The zero-order valence-corrected chi connectivity index (χ0v) is 15.4. The van der Waals surface area contributed by atoms with Crippen molar-refractivity contribution >= 4 is 5.96 Å². The maximum Gasteiger partial charge on any atom is 0.194 e. The van der Waals surface area contributed by atoms with Gasteiger partial charge in [0.2, 0.25) is 0 Å². The Morgan fingerprint density at radius 3 is 2.67 bits per heavy atom. The molecule has 0 radical (unpaired) electrons. The number of hydrogen-bond acceptors (Lipinski definition) is 4. The fourth-order valence-corrected chi connectivity index (χ4v) is 4.15. The predicted molar refractivity (Wildman–Crippen MR) is 96.6 cm³/mol. The first kappa shape index (κ1) is 18.0. The van der Waals surface area contributed by atoms with Crippen LogP contribution in [0.1, 0.15) is 39.0 Å². The van der Waals surface area contributed by atoms with Crippen molar-refractivity contribution in [3.05, 3.63) is 0 Å². The lowest BCUT2D eigenvalue weighted by Crippen LogP contribution is -2.45. The Kier molecular flexibility index (Phi) is 6.36. The molecule has 0 aromatic heterocycles. The fourth-order valence-electron chi connectivity index (χ4n) is 4.15. The van der Waals surface area contributed by atoms with Crippen LogP contribution in [0.3, 0.4) is 0 Å². The first-order valence-corrected chi connectivity index (χ1v) is 9.66. The highest BCUT2D eigenvalue weighted by atomic mass is 16.5. The molecule has 0 aliphatic carbocycles. The van der Waals surface area contributed by atoms with E-state index in [0.29, 0.717) is 6.04 Å². The maximum atomic E-state index is 5.83. The normalized spacial score (nSPS) is 28.5. The van der Waals surface area contributed by atoms with E-state index in [2.05, 4.69) is 22.0 Å². The average Bonchev–Trinajstić information content (AvgIpc) is 3.30. The molecular weight excluding hydrogens is 304 g/mol. The number of methoxy groups -OCH3 is 1. The second-order valence-corrected chi connectivity index (χ2v) is 7.30. The molecule has 1 unspecified atom stereocenters.